The van der Waals surface area contributed by atoms with Gasteiger partial charge in [-0.2, -0.15) is 0 Å². The van der Waals surface area contributed by atoms with Crippen LogP contribution in [0.15, 0.2) is 54.7 Å². The van der Waals surface area contributed by atoms with Gasteiger partial charge in [0.1, 0.15) is 11.6 Å². The van der Waals surface area contributed by atoms with Gasteiger partial charge in [0.2, 0.25) is 0 Å². The predicted octanol–water partition coefficient (Wildman–Crippen LogP) is 3.32. The minimum absolute atomic E-state index is 0.0154. The number of aromatic amines is 1. The molecule has 0 aliphatic carbocycles. The monoisotopic (exact) mass is 461 g/mol. The Morgan fingerprint density at radius 3 is 2.82 bits per heavy atom. The summed E-state index contributed by atoms with van der Waals surface area (Å²) in [5, 5.41) is 4.15. The lowest BCUT2D eigenvalue weighted by atomic mass is 10.1. The van der Waals surface area contributed by atoms with Crippen molar-refractivity contribution in [2.24, 2.45) is 0 Å². The maximum atomic E-state index is 12.6. The number of likely N-dealkylation sites (tertiary alicyclic amines) is 1. The Morgan fingerprint density at radius 1 is 1.15 bits per heavy atom. The highest BCUT2D eigenvalue weighted by molar-refractivity contribution is 5.87. The molecule has 1 fully saturated rings. The Kier molecular flexibility index (Phi) is 6.78. The second-order valence-electron chi connectivity index (χ2n) is 8.80. The lowest BCUT2D eigenvalue weighted by Crippen LogP contribution is -2.45. The first-order valence-corrected chi connectivity index (χ1v) is 11.8. The summed E-state index contributed by atoms with van der Waals surface area (Å²) in [4.78, 5) is 23.0. The van der Waals surface area contributed by atoms with Gasteiger partial charge in [-0.25, -0.2) is 4.98 Å². The van der Waals surface area contributed by atoms with E-state index in [1.165, 1.54) is 0 Å². The molecule has 2 aromatic carbocycles. The quantitative estimate of drug-likeness (QED) is 0.400. The predicted molar refractivity (Wildman–Crippen MR) is 132 cm³/mol. The molecule has 178 valence electrons. The molecule has 8 nitrogen and oxygen atoms in total. The molecule has 0 spiro atoms. The van der Waals surface area contributed by atoms with Crippen molar-refractivity contribution in [3.8, 4) is 5.75 Å². The fourth-order valence-electron chi connectivity index (χ4n) is 4.65. The van der Waals surface area contributed by atoms with Gasteiger partial charge in [0, 0.05) is 44.4 Å². The fraction of sp³-hybridized carbons (Fsp3) is 0.385. The second-order valence-corrected chi connectivity index (χ2v) is 8.80. The lowest BCUT2D eigenvalue weighted by Gasteiger charge is -2.31. The highest BCUT2D eigenvalue weighted by atomic mass is 16.5. The van der Waals surface area contributed by atoms with Crippen LogP contribution in [-0.4, -0.2) is 64.8 Å². The molecule has 1 saturated heterocycles. The van der Waals surface area contributed by atoms with E-state index in [0.717, 1.165) is 72.5 Å². The van der Waals surface area contributed by atoms with Gasteiger partial charge in [-0.15, -0.1) is 0 Å². The van der Waals surface area contributed by atoms with E-state index < -0.39 is 0 Å². The molecular formula is C26H31N5O3. The minimum Gasteiger partial charge on any atom is -0.483 e. The number of benzene rings is 2. The summed E-state index contributed by atoms with van der Waals surface area (Å²) in [6.07, 6.45) is 3.86. The summed E-state index contributed by atoms with van der Waals surface area (Å²) in [5.41, 5.74) is 3.15. The molecule has 2 aromatic heterocycles. The third-order valence-electron chi connectivity index (χ3n) is 6.43. The van der Waals surface area contributed by atoms with E-state index in [0.29, 0.717) is 6.61 Å². The zero-order valence-corrected chi connectivity index (χ0v) is 19.5. The van der Waals surface area contributed by atoms with Crippen molar-refractivity contribution in [2.75, 3.05) is 33.4 Å². The summed E-state index contributed by atoms with van der Waals surface area (Å²) in [5.74, 6) is 1.64. The van der Waals surface area contributed by atoms with Crippen molar-refractivity contribution < 1.29 is 14.3 Å². The van der Waals surface area contributed by atoms with Crippen LogP contribution >= 0.6 is 0 Å². The Morgan fingerprint density at radius 2 is 2.00 bits per heavy atom. The standard InChI is InChI=1S/C26H31N5O3/c1-33-16-15-31-14-11-20-23(31)7-4-8-24(20)34-18-26(32)27-19-9-12-30(13-10-19)17-25-28-21-5-2-3-6-22(21)29-25/h2-8,11,14,19H,9-10,12-13,15-18H2,1H3,(H,27,32)(H,28,29). The van der Waals surface area contributed by atoms with E-state index in [9.17, 15) is 4.79 Å². The number of imidazole rings is 1. The average molecular weight is 462 g/mol. The summed E-state index contributed by atoms with van der Waals surface area (Å²) in [6, 6.07) is 16.2. The van der Waals surface area contributed by atoms with Crippen LogP contribution in [0.3, 0.4) is 0 Å². The summed E-state index contributed by atoms with van der Waals surface area (Å²) < 4.78 is 13.2. The van der Waals surface area contributed by atoms with Gasteiger partial charge in [-0.1, -0.05) is 18.2 Å². The van der Waals surface area contributed by atoms with Crippen molar-refractivity contribution in [3.63, 3.8) is 0 Å². The third-order valence-corrected chi connectivity index (χ3v) is 6.43. The molecule has 4 aromatic rings. The molecule has 8 heteroatoms. The summed E-state index contributed by atoms with van der Waals surface area (Å²) >= 11 is 0. The first-order chi connectivity index (χ1) is 16.7. The molecular weight excluding hydrogens is 430 g/mol. The van der Waals surface area contributed by atoms with Gasteiger partial charge in [-0.3, -0.25) is 9.69 Å². The molecule has 0 bridgehead atoms. The lowest BCUT2D eigenvalue weighted by molar-refractivity contribution is -0.124. The number of piperidine rings is 1. The number of carbonyl (C=O) groups is 1. The maximum Gasteiger partial charge on any atom is 0.258 e. The molecule has 0 radical (unpaired) electrons. The number of aromatic nitrogens is 3. The molecule has 0 atom stereocenters. The van der Waals surface area contributed by atoms with Crippen LogP contribution in [0.5, 0.6) is 5.75 Å². The van der Waals surface area contributed by atoms with Gasteiger partial charge < -0.3 is 24.3 Å². The third kappa shape index (κ3) is 5.08. The second kappa shape index (κ2) is 10.3. The zero-order chi connectivity index (χ0) is 23.3. The van der Waals surface area contributed by atoms with Crippen molar-refractivity contribution >= 4 is 27.8 Å². The van der Waals surface area contributed by atoms with E-state index >= 15 is 0 Å². The number of methoxy groups -OCH3 is 1. The molecule has 3 heterocycles. The Bertz CT molecular complexity index is 1220. The van der Waals surface area contributed by atoms with Crippen LogP contribution in [0, 0.1) is 0 Å². The number of rotatable bonds is 9. The van der Waals surface area contributed by atoms with E-state index in [4.69, 9.17) is 9.47 Å². The van der Waals surface area contributed by atoms with Gasteiger partial charge in [-0.05, 0) is 43.2 Å². The van der Waals surface area contributed by atoms with Crippen LogP contribution in [0.4, 0.5) is 0 Å². The summed E-state index contributed by atoms with van der Waals surface area (Å²) in [7, 11) is 1.70. The molecule has 34 heavy (non-hydrogen) atoms. The molecule has 0 saturated carbocycles. The van der Waals surface area contributed by atoms with Gasteiger partial charge in [0.25, 0.3) is 5.91 Å². The Labute approximate surface area is 198 Å². The first-order valence-electron chi connectivity index (χ1n) is 11.8. The SMILES string of the molecule is COCCn1ccc2c(OCC(=O)NC3CCN(Cc4nc5ccccc5[nH]4)CC3)cccc21. The highest BCUT2D eigenvalue weighted by Gasteiger charge is 2.22. The average Bonchev–Trinajstić information content (AvgIpc) is 3.46. The topological polar surface area (TPSA) is 84.4 Å². The number of nitrogens with zero attached hydrogens (tertiary/aromatic N) is 3. The van der Waals surface area contributed by atoms with E-state index in [1.54, 1.807) is 7.11 Å². The first kappa shape index (κ1) is 22.4. The number of amides is 1. The molecule has 1 aliphatic heterocycles. The number of para-hydroxylation sites is 2. The van der Waals surface area contributed by atoms with Crippen molar-refractivity contribution in [1.82, 2.24) is 24.8 Å². The van der Waals surface area contributed by atoms with E-state index in [1.807, 2.05) is 48.7 Å². The maximum absolute atomic E-state index is 12.6. The molecule has 0 unspecified atom stereocenters. The van der Waals surface area contributed by atoms with Crippen LogP contribution in [0.2, 0.25) is 0 Å². The fourth-order valence-corrected chi connectivity index (χ4v) is 4.65. The van der Waals surface area contributed by atoms with Gasteiger partial charge in [0.05, 0.1) is 29.7 Å². The van der Waals surface area contributed by atoms with E-state index in [-0.39, 0.29) is 18.6 Å². The summed E-state index contributed by atoms with van der Waals surface area (Å²) in [6.45, 7) is 4.09. The molecule has 1 amide bonds. The van der Waals surface area contributed by atoms with Gasteiger partial charge in [0.15, 0.2) is 6.61 Å². The van der Waals surface area contributed by atoms with Crippen LogP contribution < -0.4 is 10.1 Å². The number of hydrogen-bond acceptors (Lipinski definition) is 5. The molecule has 5 rings (SSSR count). The number of fused-ring (bicyclic) bond motifs is 2. The number of hydrogen-bond donors (Lipinski definition) is 2. The number of H-pyrrole nitrogens is 1. The smallest absolute Gasteiger partial charge is 0.258 e. The number of nitrogens with one attached hydrogen (secondary N) is 2. The van der Waals surface area contributed by atoms with Crippen molar-refractivity contribution in [2.45, 2.75) is 32.0 Å². The number of carbonyl (C=O) groups excluding carboxylic acids is 1. The van der Waals surface area contributed by atoms with Gasteiger partial charge >= 0.3 is 0 Å². The van der Waals surface area contributed by atoms with Crippen molar-refractivity contribution in [3.05, 3.63) is 60.6 Å². The molecule has 2 N–H and O–H groups in total. The molecule has 1 aliphatic rings. The minimum atomic E-state index is -0.0773. The van der Waals surface area contributed by atoms with Crippen LogP contribution in [0.1, 0.15) is 18.7 Å². The van der Waals surface area contributed by atoms with E-state index in [2.05, 4.69) is 30.8 Å². The largest absolute Gasteiger partial charge is 0.483 e. The van der Waals surface area contributed by atoms with Crippen LogP contribution in [-0.2, 0) is 22.6 Å². The van der Waals surface area contributed by atoms with Crippen molar-refractivity contribution in [1.29, 1.82) is 0 Å². The Hall–Kier alpha value is -3.36. The number of ether oxygens (including phenoxy) is 2. The Balaban J connectivity index is 1.09. The highest BCUT2D eigenvalue weighted by Crippen LogP contribution is 2.26. The van der Waals surface area contributed by atoms with Crippen LogP contribution in [0.25, 0.3) is 21.9 Å². The zero-order valence-electron chi connectivity index (χ0n) is 19.5. The normalized spacial score (nSPS) is 15.2.